The molecule has 1 heterocycles. The minimum atomic E-state index is -0.241. The van der Waals surface area contributed by atoms with Crippen molar-refractivity contribution >= 4 is 0 Å². The molecule has 0 atom stereocenters. The molecule has 0 saturated carbocycles. The van der Waals surface area contributed by atoms with Gasteiger partial charge < -0.3 is 0 Å². The highest BCUT2D eigenvalue weighted by Crippen LogP contribution is 2.12. The molecule has 0 spiro atoms. The average Bonchev–Trinajstić information content (AvgIpc) is 2.35. The van der Waals surface area contributed by atoms with Crippen LogP contribution in [0.4, 0.5) is 8.78 Å². The van der Waals surface area contributed by atoms with Crippen molar-refractivity contribution in [3.63, 3.8) is 0 Å². The quantitative estimate of drug-likeness (QED) is 0.804. The van der Waals surface area contributed by atoms with E-state index in [0.29, 0.717) is 29.7 Å². The third-order valence-electron chi connectivity index (χ3n) is 3.00. The molecule has 0 N–H and O–H groups in total. The lowest BCUT2D eigenvalue weighted by Gasteiger charge is -2.04. The monoisotopic (exact) mass is 247 g/mol. The average molecular weight is 247 g/mol. The molecule has 3 heteroatoms. The van der Waals surface area contributed by atoms with E-state index >= 15 is 0 Å². The van der Waals surface area contributed by atoms with Gasteiger partial charge in [0.2, 0.25) is 0 Å². The Morgan fingerprint density at radius 3 is 2.33 bits per heavy atom. The van der Waals surface area contributed by atoms with E-state index in [4.69, 9.17) is 0 Å². The molecule has 0 amide bonds. The Balaban J connectivity index is 2.06. The highest BCUT2D eigenvalue weighted by atomic mass is 19.1. The van der Waals surface area contributed by atoms with Crippen molar-refractivity contribution in [3.8, 4) is 0 Å². The fourth-order valence-corrected chi connectivity index (χ4v) is 1.74. The minimum Gasteiger partial charge on any atom is -0.261 e. The van der Waals surface area contributed by atoms with E-state index in [-0.39, 0.29) is 11.6 Å². The van der Waals surface area contributed by atoms with Gasteiger partial charge >= 0.3 is 0 Å². The third kappa shape index (κ3) is 2.92. The first kappa shape index (κ1) is 12.7. The fourth-order valence-electron chi connectivity index (χ4n) is 1.74. The molecule has 0 unspecified atom stereocenters. The maximum Gasteiger partial charge on any atom is 0.129 e. The number of benzene rings is 1. The second-order valence-electron chi connectivity index (χ2n) is 4.51. The second-order valence-corrected chi connectivity index (χ2v) is 4.51. The lowest BCUT2D eigenvalue weighted by Crippen LogP contribution is -1.97. The molecule has 2 rings (SSSR count). The van der Waals surface area contributed by atoms with Crippen LogP contribution in [-0.4, -0.2) is 4.98 Å². The van der Waals surface area contributed by atoms with Gasteiger partial charge in [0.25, 0.3) is 0 Å². The van der Waals surface area contributed by atoms with Gasteiger partial charge in [-0.2, -0.15) is 0 Å². The molecular formula is C15H15F2N. The van der Waals surface area contributed by atoms with Crippen molar-refractivity contribution in [1.29, 1.82) is 0 Å². The Bertz CT molecular complexity index is 513. The number of hydrogen-bond acceptors (Lipinski definition) is 1. The SMILES string of the molecule is Cc1ccc(CCc2cc(F)c(C)cn2)cc1F. The predicted molar refractivity (Wildman–Crippen MR) is 67.5 cm³/mol. The molecule has 1 nitrogen and oxygen atoms in total. The number of hydrogen-bond donors (Lipinski definition) is 0. The Labute approximate surface area is 105 Å². The Morgan fingerprint density at radius 2 is 1.67 bits per heavy atom. The number of pyridine rings is 1. The molecule has 0 radical (unpaired) electrons. The van der Waals surface area contributed by atoms with Gasteiger partial charge in [-0.3, -0.25) is 4.98 Å². The van der Waals surface area contributed by atoms with Gasteiger partial charge in [-0.25, -0.2) is 8.78 Å². The van der Waals surface area contributed by atoms with Gasteiger partial charge in [0, 0.05) is 17.5 Å². The second kappa shape index (κ2) is 5.25. The number of nitrogens with zero attached hydrogens (tertiary/aromatic N) is 1. The molecule has 1 aromatic carbocycles. The van der Waals surface area contributed by atoms with Crippen molar-refractivity contribution in [1.82, 2.24) is 4.98 Å². The summed E-state index contributed by atoms with van der Waals surface area (Å²) in [6.07, 6.45) is 2.80. The van der Waals surface area contributed by atoms with Crippen LogP contribution in [0.3, 0.4) is 0 Å². The van der Waals surface area contributed by atoms with Crippen LogP contribution in [0.1, 0.15) is 22.4 Å². The van der Waals surface area contributed by atoms with E-state index in [0.717, 1.165) is 5.56 Å². The van der Waals surface area contributed by atoms with Crippen molar-refractivity contribution < 1.29 is 8.78 Å². The van der Waals surface area contributed by atoms with Crippen LogP contribution in [0.5, 0.6) is 0 Å². The first-order valence-corrected chi connectivity index (χ1v) is 5.92. The van der Waals surface area contributed by atoms with Crippen LogP contribution in [-0.2, 0) is 12.8 Å². The fraction of sp³-hybridized carbons (Fsp3) is 0.267. The molecule has 0 aliphatic carbocycles. The van der Waals surface area contributed by atoms with E-state index in [2.05, 4.69) is 4.98 Å². The van der Waals surface area contributed by atoms with Crippen molar-refractivity contribution in [2.24, 2.45) is 0 Å². The first-order valence-electron chi connectivity index (χ1n) is 5.92. The zero-order valence-electron chi connectivity index (χ0n) is 10.5. The summed E-state index contributed by atoms with van der Waals surface area (Å²) < 4.78 is 26.7. The summed E-state index contributed by atoms with van der Waals surface area (Å²) >= 11 is 0. The minimum absolute atomic E-state index is 0.199. The number of aromatic nitrogens is 1. The van der Waals surface area contributed by atoms with Crippen LogP contribution in [0.25, 0.3) is 0 Å². The molecule has 0 bridgehead atoms. The van der Waals surface area contributed by atoms with Crippen LogP contribution in [0.2, 0.25) is 0 Å². The normalized spacial score (nSPS) is 10.7. The summed E-state index contributed by atoms with van der Waals surface area (Å²) in [4.78, 5) is 4.16. The maximum atomic E-state index is 13.3. The van der Waals surface area contributed by atoms with E-state index in [1.54, 1.807) is 19.9 Å². The van der Waals surface area contributed by atoms with E-state index in [1.165, 1.54) is 18.3 Å². The molecule has 0 aliphatic heterocycles. The largest absolute Gasteiger partial charge is 0.261 e. The highest BCUT2D eigenvalue weighted by Gasteiger charge is 2.03. The van der Waals surface area contributed by atoms with Gasteiger partial charge in [0.15, 0.2) is 0 Å². The molecule has 1 aromatic heterocycles. The first-order chi connectivity index (χ1) is 8.56. The van der Waals surface area contributed by atoms with Crippen LogP contribution < -0.4 is 0 Å². The van der Waals surface area contributed by atoms with E-state index in [1.807, 2.05) is 6.07 Å². The zero-order valence-corrected chi connectivity index (χ0v) is 10.5. The zero-order chi connectivity index (χ0) is 13.1. The Morgan fingerprint density at radius 1 is 0.944 bits per heavy atom. The maximum absolute atomic E-state index is 13.3. The standard InChI is InChI=1S/C15H15F2N/c1-10-3-4-12(7-14(10)16)5-6-13-8-15(17)11(2)9-18-13/h3-4,7-9H,5-6H2,1-2H3. The summed E-state index contributed by atoms with van der Waals surface area (Å²) in [7, 11) is 0. The summed E-state index contributed by atoms with van der Waals surface area (Å²) in [5.41, 5.74) is 2.78. The smallest absolute Gasteiger partial charge is 0.129 e. The number of rotatable bonds is 3. The Hall–Kier alpha value is -1.77. The molecule has 0 aliphatic rings. The van der Waals surface area contributed by atoms with E-state index in [9.17, 15) is 8.78 Å². The van der Waals surface area contributed by atoms with Gasteiger partial charge in [-0.15, -0.1) is 0 Å². The van der Waals surface area contributed by atoms with Crippen molar-refractivity contribution in [3.05, 3.63) is 64.5 Å². The molecule has 94 valence electrons. The Kier molecular flexibility index (Phi) is 3.70. The van der Waals surface area contributed by atoms with Crippen LogP contribution in [0.15, 0.2) is 30.5 Å². The summed E-state index contributed by atoms with van der Waals surface area (Å²) in [6, 6.07) is 6.62. The molecule has 18 heavy (non-hydrogen) atoms. The van der Waals surface area contributed by atoms with Gasteiger partial charge in [0.05, 0.1) is 0 Å². The molecule has 0 saturated heterocycles. The highest BCUT2D eigenvalue weighted by molar-refractivity contribution is 5.24. The van der Waals surface area contributed by atoms with Crippen LogP contribution in [0, 0.1) is 25.5 Å². The number of halogens is 2. The van der Waals surface area contributed by atoms with Crippen LogP contribution >= 0.6 is 0 Å². The molecular weight excluding hydrogens is 232 g/mol. The topological polar surface area (TPSA) is 12.9 Å². The third-order valence-corrected chi connectivity index (χ3v) is 3.00. The van der Waals surface area contributed by atoms with Crippen molar-refractivity contribution in [2.45, 2.75) is 26.7 Å². The number of aryl methyl sites for hydroxylation is 4. The van der Waals surface area contributed by atoms with E-state index < -0.39 is 0 Å². The predicted octanol–water partition coefficient (Wildman–Crippen LogP) is 3.76. The van der Waals surface area contributed by atoms with Gasteiger partial charge in [-0.1, -0.05) is 12.1 Å². The lowest BCUT2D eigenvalue weighted by atomic mass is 10.1. The van der Waals surface area contributed by atoms with Gasteiger partial charge in [-0.05, 0) is 49.9 Å². The summed E-state index contributed by atoms with van der Waals surface area (Å²) in [5, 5.41) is 0. The van der Waals surface area contributed by atoms with Gasteiger partial charge in [0.1, 0.15) is 11.6 Å². The lowest BCUT2D eigenvalue weighted by molar-refractivity contribution is 0.610. The molecule has 0 fully saturated rings. The summed E-state index contributed by atoms with van der Waals surface area (Å²) in [5.74, 6) is -0.439. The van der Waals surface area contributed by atoms with Crippen molar-refractivity contribution in [2.75, 3.05) is 0 Å². The summed E-state index contributed by atoms with van der Waals surface area (Å²) in [6.45, 7) is 3.41. The molecule has 2 aromatic rings.